The predicted octanol–water partition coefficient (Wildman–Crippen LogP) is 3.02. The van der Waals surface area contributed by atoms with Crippen LogP contribution in [-0.2, 0) is 16.6 Å². The van der Waals surface area contributed by atoms with Crippen LogP contribution in [0.5, 0.6) is 0 Å². The van der Waals surface area contributed by atoms with Crippen LogP contribution in [0.1, 0.15) is 44.0 Å². The van der Waals surface area contributed by atoms with E-state index in [1.54, 1.807) is 18.2 Å². The van der Waals surface area contributed by atoms with Crippen molar-refractivity contribution in [1.29, 1.82) is 0 Å². The molecule has 0 unspecified atom stereocenters. The van der Waals surface area contributed by atoms with Gasteiger partial charge in [0, 0.05) is 42.9 Å². The zero-order chi connectivity index (χ0) is 19.7. The first kappa shape index (κ1) is 19.0. The lowest BCUT2D eigenvalue weighted by Gasteiger charge is -2.34. The summed E-state index contributed by atoms with van der Waals surface area (Å²) in [4.78, 5) is 11.4. The fraction of sp³-hybridized carbons (Fsp3) is 0.450. The Morgan fingerprint density at radius 2 is 1.96 bits per heavy atom. The molecule has 2 aromatic rings. The summed E-state index contributed by atoms with van der Waals surface area (Å²) in [6.45, 7) is 6.64. The molecule has 1 N–H and O–H groups in total. The molecule has 0 bridgehead atoms. The summed E-state index contributed by atoms with van der Waals surface area (Å²) in [6.07, 6.45) is 5.70. The molecule has 0 saturated carbocycles. The van der Waals surface area contributed by atoms with Gasteiger partial charge in [-0.2, -0.15) is 8.42 Å². The molecule has 1 fully saturated rings. The van der Waals surface area contributed by atoms with Crippen LogP contribution in [0.3, 0.4) is 0 Å². The van der Waals surface area contributed by atoms with Crippen molar-refractivity contribution in [2.24, 2.45) is 10.3 Å². The van der Waals surface area contributed by atoms with Crippen LogP contribution in [0.2, 0.25) is 0 Å². The number of hydrogen-bond donors (Lipinski definition) is 1. The van der Waals surface area contributed by atoms with Crippen molar-refractivity contribution in [3.8, 4) is 0 Å². The van der Waals surface area contributed by atoms with Gasteiger partial charge in [0.25, 0.3) is 10.0 Å². The van der Waals surface area contributed by atoms with Crippen molar-refractivity contribution in [1.82, 2.24) is 14.9 Å². The lowest BCUT2D eigenvalue weighted by molar-refractivity contribution is 0.196. The maximum absolute atomic E-state index is 12.5. The van der Waals surface area contributed by atoms with E-state index in [-0.39, 0.29) is 10.8 Å². The first-order valence-corrected chi connectivity index (χ1v) is 11.1. The molecule has 0 radical (unpaired) electrons. The Hall–Kier alpha value is -2.32. The normalized spacial score (nSPS) is 21.7. The van der Waals surface area contributed by atoms with Crippen LogP contribution >= 0.6 is 0 Å². The van der Waals surface area contributed by atoms with Crippen LogP contribution in [0.25, 0.3) is 0 Å². The molecule has 0 aliphatic carbocycles. The molecular weight excluding hydrogens is 374 g/mol. The molecule has 1 aromatic heterocycles. The molecule has 4 rings (SSSR count). The van der Waals surface area contributed by atoms with Crippen LogP contribution < -0.4 is 5.32 Å². The number of nitrogens with zero attached hydrogens (tertiary/aromatic N) is 4. The van der Waals surface area contributed by atoms with Gasteiger partial charge in [-0.15, -0.1) is 4.40 Å². The van der Waals surface area contributed by atoms with Crippen molar-refractivity contribution in [2.75, 3.05) is 18.4 Å². The number of fused-ring (bicyclic) bond motifs is 1. The standard InChI is InChI=1S/C20H25N5O2S/c1-14(2)19-21-10-15(11-22-19)12-25-9-5-6-16(13-25)20-23-17-7-3-4-8-18(17)28(26,27)24-20/h3-4,7-8,10-11,14,16H,5-6,9,12-13H2,1-2H3,(H,23,24)/t16-/m0/s1. The molecule has 8 heteroatoms. The Labute approximate surface area is 166 Å². The zero-order valence-electron chi connectivity index (χ0n) is 16.2. The quantitative estimate of drug-likeness (QED) is 0.850. The number of piperidine rings is 1. The fourth-order valence-electron chi connectivity index (χ4n) is 3.74. The van der Waals surface area contributed by atoms with E-state index in [4.69, 9.17) is 0 Å². The number of amidine groups is 1. The molecule has 148 valence electrons. The molecule has 0 spiro atoms. The van der Waals surface area contributed by atoms with E-state index < -0.39 is 10.0 Å². The minimum absolute atomic E-state index is 0.0627. The number of aromatic nitrogens is 2. The van der Waals surface area contributed by atoms with Gasteiger partial charge in [0.15, 0.2) is 0 Å². The summed E-state index contributed by atoms with van der Waals surface area (Å²) < 4.78 is 29.1. The number of anilines is 1. The minimum Gasteiger partial charge on any atom is -0.342 e. The average Bonchev–Trinajstić information content (AvgIpc) is 2.68. The van der Waals surface area contributed by atoms with Gasteiger partial charge >= 0.3 is 0 Å². The molecule has 0 amide bonds. The van der Waals surface area contributed by atoms with Gasteiger partial charge in [-0.3, -0.25) is 4.90 Å². The largest absolute Gasteiger partial charge is 0.342 e. The van der Waals surface area contributed by atoms with Gasteiger partial charge in [0.2, 0.25) is 0 Å². The van der Waals surface area contributed by atoms with Crippen molar-refractivity contribution in [3.05, 3.63) is 48.0 Å². The molecule has 3 heterocycles. The van der Waals surface area contributed by atoms with Crippen molar-refractivity contribution in [3.63, 3.8) is 0 Å². The van der Waals surface area contributed by atoms with E-state index in [1.807, 2.05) is 18.5 Å². The maximum atomic E-state index is 12.5. The molecule has 7 nitrogen and oxygen atoms in total. The summed E-state index contributed by atoms with van der Waals surface area (Å²) in [7, 11) is -3.64. The van der Waals surface area contributed by atoms with E-state index >= 15 is 0 Å². The molecular formula is C20H25N5O2S. The summed E-state index contributed by atoms with van der Waals surface area (Å²) >= 11 is 0. The highest BCUT2D eigenvalue weighted by molar-refractivity contribution is 7.90. The number of likely N-dealkylation sites (tertiary alicyclic amines) is 1. The maximum Gasteiger partial charge on any atom is 0.286 e. The number of para-hydroxylation sites is 1. The first-order chi connectivity index (χ1) is 13.4. The van der Waals surface area contributed by atoms with Gasteiger partial charge in [-0.05, 0) is 31.5 Å². The van der Waals surface area contributed by atoms with Gasteiger partial charge < -0.3 is 5.32 Å². The fourth-order valence-corrected chi connectivity index (χ4v) is 4.94. The molecule has 1 aromatic carbocycles. The summed E-state index contributed by atoms with van der Waals surface area (Å²) in [5.41, 5.74) is 1.68. The smallest absolute Gasteiger partial charge is 0.286 e. The Morgan fingerprint density at radius 3 is 2.71 bits per heavy atom. The highest BCUT2D eigenvalue weighted by atomic mass is 32.2. The third-order valence-corrected chi connectivity index (χ3v) is 6.54. The summed E-state index contributed by atoms with van der Waals surface area (Å²) in [6, 6.07) is 6.92. The topological polar surface area (TPSA) is 87.5 Å². The molecule has 2 aliphatic rings. The van der Waals surface area contributed by atoms with Crippen LogP contribution in [0.4, 0.5) is 5.69 Å². The van der Waals surface area contributed by atoms with Crippen LogP contribution in [0, 0.1) is 5.92 Å². The summed E-state index contributed by atoms with van der Waals surface area (Å²) in [5, 5.41) is 3.25. The lowest BCUT2D eigenvalue weighted by Crippen LogP contribution is -2.41. The zero-order valence-corrected chi connectivity index (χ0v) is 17.0. The Morgan fingerprint density at radius 1 is 1.21 bits per heavy atom. The minimum atomic E-state index is -3.64. The van der Waals surface area contributed by atoms with E-state index in [2.05, 4.69) is 38.4 Å². The van der Waals surface area contributed by atoms with Crippen molar-refractivity contribution < 1.29 is 8.42 Å². The lowest BCUT2D eigenvalue weighted by atomic mass is 9.96. The number of nitrogens with one attached hydrogen (secondary N) is 1. The number of hydrogen-bond acceptors (Lipinski definition) is 6. The van der Waals surface area contributed by atoms with E-state index in [9.17, 15) is 8.42 Å². The van der Waals surface area contributed by atoms with Crippen molar-refractivity contribution >= 4 is 21.5 Å². The molecule has 1 saturated heterocycles. The van der Waals surface area contributed by atoms with Crippen LogP contribution in [0.15, 0.2) is 46.0 Å². The highest BCUT2D eigenvalue weighted by Crippen LogP contribution is 2.30. The van der Waals surface area contributed by atoms with E-state index in [0.29, 0.717) is 17.4 Å². The second kappa shape index (κ2) is 7.60. The predicted molar refractivity (Wildman–Crippen MR) is 109 cm³/mol. The second-order valence-electron chi connectivity index (χ2n) is 7.75. The Kier molecular flexibility index (Phi) is 5.16. The highest BCUT2D eigenvalue weighted by Gasteiger charge is 2.31. The van der Waals surface area contributed by atoms with Crippen molar-refractivity contribution in [2.45, 2.75) is 44.0 Å². The number of rotatable bonds is 4. The molecule has 28 heavy (non-hydrogen) atoms. The molecule has 2 aliphatic heterocycles. The third-order valence-electron chi connectivity index (χ3n) is 5.19. The monoisotopic (exact) mass is 399 g/mol. The van der Waals surface area contributed by atoms with Gasteiger partial charge in [-0.25, -0.2) is 9.97 Å². The third kappa shape index (κ3) is 3.93. The van der Waals surface area contributed by atoms with E-state index in [0.717, 1.165) is 43.9 Å². The average molecular weight is 400 g/mol. The number of sulfonamides is 1. The molecule has 1 atom stereocenters. The number of benzene rings is 1. The van der Waals surface area contributed by atoms with Crippen LogP contribution in [-0.4, -0.2) is 42.2 Å². The van der Waals surface area contributed by atoms with Gasteiger partial charge in [-0.1, -0.05) is 26.0 Å². The Balaban J connectivity index is 1.48. The first-order valence-electron chi connectivity index (χ1n) is 9.66. The summed E-state index contributed by atoms with van der Waals surface area (Å²) in [5.74, 6) is 1.78. The van der Waals surface area contributed by atoms with E-state index in [1.165, 1.54) is 0 Å². The second-order valence-corrected chi connectivity index (χ2v) is 9.32. The van der Waals surface area contributed by atoms with Gasteiger partial charge in [0.05, 0.1) is 5.69 Å². The van der Waals surface area contributed by atoms with Gasteiger partial charge in [0.1, 0.15) is 16.6 Å². The Bertz CT molecular complexity index is 986. The SMILES string of the molecule is CC(C)c1ncc(CN2CCC[C@H](C3=NS(=O)(=O)c4ccccc4N3)C2)cn1.